The van der Waals surface area contributed by atoms with Crippen LogP contribution in [0.5, 0.6) is 0 Å². The van der Waals surface area contributed by atoms with Crippen LogP contribution in [0, 0.1) is 3.57 Å². The maximum atomic E-state index is 4.20. The second kappa shape index (κ2) is 8.73. The van der Waals surface area contributed by atoms with Gasteiger partial charge in [-0.05, 0) is 29.0 Å². The number of nitrogens with one attached hydrogen (secondary N) is 1. The van der Waals surface area contributed by atoms with Crippen LogP contribution in [0.25, 0.3) is 0 Å². The van der Waals surface area contributed by atoms with Crippen molar-refractivity contribution in [1.29, 1.82) is 0 Å². The van der Waals surface area contributed by atoms with Crippen LogP contribution >= 0.6 is 22.6 Å². The third-order valence-corrected chi connectivity index (χ3v) is 3.28. The predicted octanol–water partition coefficient (Wildman–Crippen LogP) is 3.85. The molecule has 1 aromatic heterocycles. The van der Waals surface area contributed by atoms with Crippen LogP contribution in [0.3, 0.4) is 0 Å². The van der Waals surface area contributed by atoms with Crippen molar-refractivity contribution in [2.45, 2.75) is 45.4 Å². The minimum Gasteiger partial charge on any atom is -0.369 e. The standard InChI is InChI=1S/C12H20IN3/c1-2-3-4-5-6-7-8-15-12-11(13)9-14-10-16-12/h9-10H,2-8H2,1H3,(H,14,15,16). The molecule has 1 heterocycles. The Hall–Kier alpha value is -0.390. The van der Waals surface area contributed by atoms with Gasteiger partial charge in [0.05, 0.1) is 3.57 Å². The van der Waals surface area contributed by atoms with Crippen LogP contribution < -0.4 is 5.32 Å². The van der Waals surface area contributed by atoms with E-state index < -0.39 is 0 Å². The van der Waals surface area contributed by atoms with Crippen molar-refractivity contribution < 1.29 is 0 Å². The lowest BCUT2D eigenvalue weighted by atomic mass is 10.1. The number of halogens is 1. The molecule has 0 amide bonds. The zero-order valence-corrected chi connectivity index (χ0v) is 12.0. The van der Waals surface area contributed by atoms with E-state index in [1.54, 1.807) is 6.33 Å². The average molecular weight is 333 g/mol. The number of hydrogen-bond donors (Lipinski definition) is 1. The van der Waals surface area contributed by atoms with E-state index in [2.05, 4.69) is 44.8 Å². The van der Waals surface area contributed by atoms with Crippen LogP contribution in [0.4, 0.5) is 5.82 Å². The summed E-state index contributed by atoms with van der Waals surface area (Å²) in [6, 6.07) is 0. The first-order chi connectivity index (χ1) is 7.84. The highest BCUT2D eigenvalue weighted by Gasteiger charge is 1.98. The molecule has 90 valence electrons. The molecule has 0 atom stereocenters. The zero-order valence-electron chi connectivity index (χ0n) is 9.88. The molecule has 0 saturated heterocycles. The van der Waals surface area contributed by atoms with Gasteiger partial charge in [0, 0.05) is 12.7 Å². The molecule has 16 heavy (non-hydrogen) atoms. The molecule has 1 aromatic rings. The Morgan fingerprint density at radius 3 is 2.69 bits per heavy atom. The van der Waals surface area contributed by atoms with E-state index in [1.807, 2.05) is 6.20 Å². The first-order valence-corrected chi connectivity index (χ1v) is 7.12. The van der Waals surface area contributed by atoms with Gasteiger partial charge in [-0.25, -0.2) is 9.97 Å². The summed E-state index contributed by atoms with van der Waals surface area (Å²) in [7, 11) is 0. The number of unbranched alkanes of at least 4 members (excludes halogenated alkanes) is 5. The van der Waals surface area contributed by atoms with E-state index in [1.165, 1.54) is 38.5 Å². The topological polar surface area (TPSA) is 37.8 Å². The Kier molecular flexibility index (Phi) is 7.46. The van der Waals surface area contributed by atoms with Gasteiger partial charge < -0.3 is 5.32 Å². The summed E-state index contributed by atoms with van der Waals surface area (Å²) in [5, 5.41) is 3.35. The Balaban J connectivity index is 2.05. The molecule has 0 fully saturated rings. The third-order valence-electron chi connectivity index (χ3n) is 2.49. The highest BCUT2D eigenvalue weighted by molar-refractivity contribution is 14.1. The van der Waals surface area contributed by atoms with E-state index in [4.69, 9.17) is 0 Å². The molecule has 0 radical (unpaired) electrons. The maximum absolute atomic E-state index is 4.20. The molecule has 1 rings (SSSR count). The normalized spacial score (nSPS) is 10.4. The minimum absolute atomic E-state index is 0.962. The number of hydrogen-bond acceptors (Lipinski definition) is 3. The fourth-order valence-electron chi connectivity index (χ4n) is 1.55. The molecule has 4 heteroatoms. The van der Waals surface area contributed by atoms with Gasteiger partial charge in [0.25, 0.3) is 0 Å². The summed E-state index contributed by atoms with van der Waals surface area (Å²) in [4.78, 5) is 8.16. The van der Waals surface area contributed by atoms with Crippen molar-refractivity contribution in [2.24, 2.45) is 0 Å². The van der Waals surface area contributed by atoms with Gasteiger partial charge in [-0.1, -0.05) is 39.0 Å². The summed E-state index contributed by atoms with van der Waals surface area (Å²) < 4.78 is 1.09. The summed E-state index contributed by atoms with van der Waals surface area (Å²) in [6.45, 7) is 3.26. The molecule has 3 nitrogen and oxygen atoms in total. The monoisotopic (exact) mass is 333 g/mol. The second-order valence-electron chi connectivity index (χ2n) is 3.91. The molecule has 0 saturated carbocycles. The smallest absolute Gasteiger partial charge is 0.142 e. The Morgan fingerprint density at radius 1 is 1.19 bits per heavy atom. The number of nitrogens with zero attached hydrogens (tertiary/aromatic N) is 2. The SMILES string of the molecule is CCCCCCCCNc1ncncc1I. The van der Waals surface area contributed by atoms with Crippen LogP contribution in [0.1, 0.15) is 45.4 Å². The van der Waals surface area contributed by atoms with E-state index >= 15 is 0 Å². The molecule has 0 aliphatic heterocycles. The van der Waals surface area contributed by atoms with Gasteiger partial charge >= 0.3 is 0 Å². The lowest BCUT2D eigenvalue weighted by Gasteiger charge is -2.06. The fourth-order valence-corrected chi connectivity index (χ4v) is 2.05. The average Bonchev–Trinajstić information content (AvgIpc) is 2.30. The highest BCUT2D eigenvalue weighted by Crippen LogP contribution is 2.12. The largest absolute Gasteiger partial charge is 0.369 e. The van der Waals surface area contributed by atoms with Gasteiger partial charge in [0.1, 0.15) is 12.1 Å². The lowest BCUT2D eigenvalue weighted by molar-refractivity contribution is 0.616. The van der Waals surface area contributed by atoms with Crippen molar-refractivity contribution in [1.82, 2.24) is 9.97 Å². The highest BCUT2D eigenvalue weighted by atomic mass is 127. The lowest BCUT2D eigenvalue weighted by Crippen LogP contribution is -2.05. The zero-order chi connectivity index (χ0) is 11.6. The van der Waals surface area contributed by atoms with Crippen molar-refractivity contribution >= 4 is 28.4 Å². The van der Waals surface area contributed by atoms with Gasteiger partial charge in [-0.15, -0.1) is 0 Å². The van der Waals surface area contributed by atoms with E-state index in [0.717, 1.165) is 15.9 Å². The molecule has 0 spiro atoms. The molecule has 0 aromatic carbocycles. The molecule has 0 bridgehead atoms. The molecule has 0 unspecified atom stereocenters. The third kappa shape index (κ3) is 5.63. The van der Waals surface area contributed by atoms with Gasteiger partial charge in [0.2, 0.25) is 0 Å². The van der Waals surface area contributed by atoms with Crippen LogP contribution in [0.2, 0.25) is 0 Å². The fraction of sp³-hybridized carbons (Fsp3) is 0.667. The van der Waals surface area contributed by atoms with Crippen LogP contribution in [-0.2, 0) is 0 Å². The number of aromatic nitrogens is 2. The van der Waals surface area contributed by atoms with Gasteiger partial charge in [0.15, 0.2) is 0 Å². The molecule has 0 aliphatic carbocycles. The molecular weight excluding hydrogens is 313 g/mol. The Bertz CT molecular complexity index is 291. The second-order valence-corrected chi connectivity index (χ2v) is 5.08. The van der Waals surface area contributed by atoms with Crippen molar-refractivity contribution in [3.05, 3.63) is 16.1 Å². The number of rotatable bonds is 8. The van der Waals surface area contributed by atoms with Crippen molar-refractivity contribution in [3.8, 4) is 0 Å². The summed E-state index contributed by atoms with van der Waals surface area (Å²) >= 11 is 2.25. The summed E-state index contributed by atoms with van der Waals surface area (Å²) in [6.07, 6.45) is 11.4. The first kappa shape index (κ1) is 13.7. The Morgan fingerprint density at radius 2 is 1.94 bits per heavy atom. The Labute approximate surface area is 112 Å². The predicted molar refractivity (Wildman–Crippen MR) is 76.6 cm³/mol. The van der Waals surface area contributed by atoms with E-state index in [9.17, 15) is 0 Å². The summed E-state index contributed by atoms with van der Waals surface area (Å²) in [5.74, 6) is 0.962. The van der Waals surface area contributed by atoms with Gasteiger partial charge in [-0.3, -0.25) is 0 Å². The first-order valence-electron chi connectivity index (χ1n) is 6.04. The van der Waals surface area contributed by atoms with Crippen molar-refractivity contribution in [2.75, 3.05) is 11.9 Å². The van der Waals surface area contributed by atoms with Gasteiger partial charge in [-0.2, -0.15) is 0 Å². The maximum Gasteiger partial charge on any atom is 0.142 e. The van der Waals surface area contributed by atoms with E-state index in [-0.39, 0.29) is 0 Å². The minimum atomic E-state index is 0.962. The molecular formula is C12H20IN3. The van der Waals surface area contributed by atoms with Crippen LogP contribution in [-0.4, -0.2) is 16.5 Å². The quantitative estimate of drug-likeness (QED) is 0.580. The summed E-state index contributed by atoms with van der Waals surface area (Å²) in [5.41, 5.74) is 0. The number of anilines is 1. The van der Waals surface area contributed by atoms with E-state index in [0.29, 0.717) is 0 Å². The van der Waals surface area contributed by atoms with Crippen LogP contribution in [0.15, 0.2) is 12.5 Å². The molecule has 1 N–H and O–H groups in total. The van der Waals surface area contributed by atoms with Crippen molar-refractivity contribution in [3.63, 3.8) is 0 Å². The molecule has 0 aliphatic rings.